The van der Waals surface area contributed by atoms with E-state index in [2.05, 4.69) is 42.7 Å². The molecular weight excluding hydrogens is 517 g/mol. The number of hydrogen-bond donors (Lipinski definition) is 3. The summed E-state index contributed by atoms with van der Waals surface area (Å²) >= 11 is 0. The van der Waals surface area contributed by atoms with Gasteiger partial charge in [-0.25, -0.2) is 4.99 Å². The van der Waals surface area contributed by atoms with E-state index >= 15 is 0 Å². The first-order chi connectivity index (χ1) is 15.1. The number of rotatable bonds is 10. The molecule has 0 spiro atoms. The van der Waals surface area contributed by atoms with E-state index in [0.29, 0.717) is 24.8 Å². The molecule has 6 nitrogen and oxygen atoms in total. The second-order valence-electron chi connectivity index (χ2n) is 8.04. The molecule has 3 rings (SSSR count). The van der Waals surface area contributed by atoms with Crippen molar-refractivity contribution in [2.45, 2.75) is 39.7 Å². The van der Waals surface area contributed by atoms with Crippen molar-refractivity contribution >= 4 is 29.9 Å². The summed E-state index contributed by atoms with van der Waals surface area (Å²) in [5, 5.41) is 16.1. The van der Waals surface area contributed by atoms with E-state index in [1.165, 1.54) is 11.1 Å². The summed E-state index contributed by atoms with van der Waals surface area (Å²) in [6.07, 6.45) is 3.00. The van der Waals surface area contributed by atoms with Gasteiger partial charge in [0.2, 0.25) is 0 Å². The van der Waals surface area contributed by atoms with Crippen molar-refractivity contribution in [2.24, 2.45) is 10.9 Å². The van der Waals surface area contributed by atoms with Gasteiger partial charge in [0.1, 0.15) is 11.5 Å². The minimum Gasteiger partial charge on any atom is -0.508 e. The molecule has 3 N–H and O–H groups in total. The Kier molecular flexibility index (Phi) is 11.7. The molecule has 1 heterocycles. The number of ether oxygens (including phenoxy) is 2. The Labute approximate surface area is 208 Å². The van der Waals surface area contributed by atoms with Gasteiger partial charge >= 0.3 is 0 Å². The number of aliphatic imine (C=N–C) groups is 1. The van der Waals surface area contributed by atoms with Crippen LogP contribution in [0, 0.1) is 12.8 Å². The van der Waals surface area contributed by atoms with Crippen LogP contribution in [0.3, 0.4) is 0 Å². The van der Waals surface area contributed by atoms with Crippen molar-refractivity contribution in [3.05, 3.63) is 59.2 Å². The molecule has 176 valence electrons. The minimum absolute atomic E-state index is 0. The zero-order chi connectivity index (χ0) is 21.9. The SMILES string of the molecule is CCNC(=NCc1ccc(C)cc1OCC1CCOC1)NCCCc1ccc(O)cc1.I. The maximum Gasteiger partial charge on any atom is 0.191 e. The summed E-state index contributed by atoms with van der Waals surface area (Å²) in [4.78, 5) is 4.77. The van der Waals surface area contributed by atoms with Crippen LogP contribution in [0.5, 0.6) is 11.5 Å². The van der Waals surface area contributed by atoms with Gasteiger partial charge in [0.25, 0.3) is 0 Å². The molecule has 2 aromatic rings. The Hall–Kier alpha value is -2.00. The summed E-state index contributed by atoms with van der Waals surface area (Å²) in [7, 11) is 0. The van der Waals surface area contributed by atoms with Gasteiger partial charge in [-0.15, -0.1) is 24.0 Å². The average molecular weight is 553 g/mol. The summed E-state index contributed by atoms with van der Waals surface area (Å²) in [5.41, 5.74) is 3.49. The largest absolute Gasteiger partial charge is 0.508 e. The first kappa shape index (κ1) is 26.3. The first-order valence-corrected chi connectivity index (χ1v) is 11.2. The van der Waals surface area contributed by atoms with Crippen molar-refractivity contribution in [1.29, 1.82) is 0 Å². The minimum atomic E-state index is 0. The van der Waals surface area contributed by atoms with Crippen LogP contribution < -0.4 is 15.4 Å². The number of guanidine groups is 1. The second-order valence-corrected chi connectivity index (χ2v) is 8.04. The van der Waals surface area contributed by atoms with Crippen LogP contribution in [0.15, 0.2) is 47.5 Å². The lowest BCUT2D eigenvalue weighted by Gasteiger charge is -2.15. The van der Waals surface area contributed by atoms with Crippen LogP contribution in [0.4, 0.5) is 0 Å². The summed E-state index contributed by atoms with van der Waals surface area (Å²) in [6, 6.07) is 13.7. The molecule has 1 unspecified atom stereocenters. The Bertz CT molecular complexity index is 837. The molecular formula is C25H36IN3O3. The number of halogens is 1. The van der Waals surface area contributed by atoms with Crippen LogP contribution in [-0.4, -0.2) is 44.0 Å². The van der Waals surface area contributed by atoms with Gasteiger partial charge in [0.05, 0.1) is 19.8 Å². The molecule has 0 aliphatic carbocycles. The number of nitrogens with one attached hydrogen (secondary N) is 2. The zero-order valence-electron chi connectivity index (χ0n) is 19.1. The Morgan fingerprint density at radius 1 is 1.19 bits per heavy atom. The molecule has 0 amide bonds. The van der Waals surface area contributed by atoms with E-state index in [9.17, 15) is 5.11 Å². The predicted octanol–water partition coefficient (Wildman–Crippen LogP) is 4.42. The monoisotopic (exact) mass is 553 g/mol. The summed E-state index contributed by atoms with van der Waals surface area (Å²) in [6.45, 7) is 8.66. The van der Waals surface area contributed by atoms with Crippen LogP contribution in [0.25, 0.3) is 0 Å². The van der Waals surface area contributed by atoms with Crippen LogP contribution in [0.1, 0.15) is 36.5 Å². The predicted molar refractivity (Wildman–Crippen MR) is 140 cm³/mol. The van der Waals surface area contributed by atoms with E-state index in [-0.39, 0.29) is 24.0 Å². The number of aryl methyl sites for hydroxylation is 2. The zero-order valence-corrected chi connectivity index (χ0v) is 21.4. The highest BCUT2D eigenvalue weighted by Gasteiger charge is 2.17. The Morgan fingerprint density at radius 3 is 2.72 bits per heavy atom. The van der Waals surface area contributed by atoms with Gasteiger partial charge in [0.15, 0.2) is 5.96 Å². The molecule has 1 atom stereocenters. The van der Waals surface area contributed by atoms with Crippen molar-refractivity contribution in [3.8, 4) is 11.5 Å². The lowest BCUT2D eigenvalue weighted by molar-refractivity contribution is 0.166. The molecule has 0 saturated carbocycles. The van der Waals surface area contributed by atoms with Gasteiger partial charge < -0.3 is 25.2 Å². The fraction of sp³-hybridized carbons (Fsp3) is 0.480. The number of phenolic OH excluding ortho intramolecular Hbond substituents is 1. The quantitative estimate of drug-likeness (QED) is 0.176. The number of benzene rings is 2. The number of nitrogens with zero attached hydrogens (tertiary/aromatic N) is 1. The van der Waals surface area contributed by atoms with Crippen molar-refractivity contribution in [1.82, 2.24) is 10.6 Å². The third kappa shape index (κ3) is 8.86. The van der Waals surface area contributed by atoms with Gasteiger partial charge in [-0.05, 0) is 62.4 Å². The first-order valence-electron chi connectivity index (χ1n) is 11.2. The molecule has 0 radical (unpaired) electrons. The van der Waals surface area contributed by atoms with Crippen LogP contribution in [0.2, 0.25) is 0 Å². The standard InChI is InChI=1S/C25H35N3O3.HI/c1-3-26-25(27-13-4-5-20-7-10-23(29)11-8-20)28-16-22-9-6-19(2)15-24(22)31-18-21-12-14-30-17-21;/h6-11,15,21,29H,3-5,12-14,16-18H2,1-2H3,(H2,26,27,28);1H. The Balaban J connectivity index is 0.00000363. The molecule has 1 aliphatic rings. The summed E-state index contributed by atoms with van der Waals surface area (Å²) in [5.74, 6) is 2.51. The van der Waals surface area contributed by atoms with E-state index in [4.69, 9.17) is 14.5 Å². The lowest BCUT2D eigenvalue weighted by atomic mass is 10.1. The third-order valence-electron chi connectivity index (χ3n) is 5.34. The Morgan fingerprint density at radius 2 is 2.00 bits per heavy atom. The fourth-order valence-corrected chi connectivity index (χ4v) is 3.52. The molecule has 2 aromatic carbocycles. The second kappa shape index (κ2) is 14.2. The number of aromatic hydroxyl groups is 1. The van der Waals surface area contributed by atoms with Crippen molar-refractivity contribution < 1.29 is 14.6 Å². The van der Waals surface area contributed by atoms with Crippen LogP contribution in [-0.2, 0) is 17.7 Å². The van der Waals surface area contributed by atoms with E-state index in [1.807, 2.05) is 12.1 Å². The molecule has 0 bridgehead atoms. The van der Waals surface area contributed by atoms with Crippen LogP contribution >= 0.6 is 24.0 Å². The van der Waals surface area contributed by atoms with Gasteiger partial charge in [-0.2, -0.15) is 0 Å². The number of phenols is 1. The van der Waals surface area contributed by atoms with Crippen molar-refractivity contribution in [3.63, 3.8) is 0 Å². The molecule has 1 saturated heterocycles. The average Bonchev–Trinajstić information content (AvgIpc) is 3.29. The lowest BCUT2D eigenvalue weighted by Crippen LogP contribution is -2.37. The van der Waals surface area contributed by atoms with E-state index in [0.717, 1.165) is 62.8 Å². The van der Waals surface area contributed by atoms with Gasteiger partial charge in [0, 0.05) is 31.2 Å². The highest BCUT2D eigenvalue weighted by Crippen LogP contribution is 2.23. The molecule has 0 aromatic heterocycles. The van der Waals surface area contributed by atoms with E-state index in [1.54, 1.807) is 12.1 Å². The normalized spacial score (nSPS) is 15.8. The maximum absolute atomic E-state index is 9.39. The smallest absolute Gasteiger partial charge is 0.191 e. The maximum atomic E-state index is 9.39. The number of hydrogen-bond acceptors (Lipinski definition) is 4. The highest BCUT2D eigenvalue weighted by atomic mass is 127. The van der Waals surface area contributed by atoms with E-state index < -0.39 is 0 Å². The van der Waals surface area contributed by atoms with Gasteiger partial charge in [-0.1, -0.05) is 24.3 Å². The molecule has 1 aliphatic heterocycles. The topological polar surface area (TPSA) is 75.1 Å². The molecule has 32 heavy (non-hydrogen) atoms. The summed E-state index contributed by atoms with van der Waals surface area (Å²) < 4.78 is 11.6. The van der Waals surface area contributed by atoms with Crippen molar-refractivity contribution in [2.75, 3.05) is 32.9 Å². The van der Waals surface area contributed by atoms with Gasteiger partial charge in [-0.3, -0.25) is 0 Å². The third-order valence-corrected chi connectivity index (χ3v) is 5.34. The molecule has 7 heteroatoms. The fourth-order valence-electron chi connectivity index (χ4n) is 3.52. The highest BCUT2D eigenvalue weighted by molar-refractivity contribution is 14.0. The molecule has 1 fully saturated rings.